The number of nitrogens with zero attached hydrogens (tertiary/aromatic N) is 4. The molecule has 0 bridgehead atoms. The van der Waals surface area contributed by atoms with Gasteiger partial charge in [-0.15, -0.1) is 0 Å². The lowest BCUT2D eigenvalue weighted by molar-refractivity contribution is 0.227. The van der Waals surface area contributed by atoms with Gasteiger partial charge in [0.1, 0.15) is 29.7 Å². The van der Waals surface area contributed by atoms with Crippen LogP contribution in [0.3, 0.4) is 0 Å². The number of aromatic nitrogens is 2. The summed E-state index contributed by atoms with van der Waals surface area (Å²) in [7, 11) is 4.11. The van der Waals surface area contributed by atoms with Gasteiger partial charge in [0.25, 0.3) is 0 Å². The monoisotopic (exact) mass is 490 g/mol. The van der Waals surface area contributed by atoms with Crippen LogP contribution in [0.25, 0.3) is 17.0 Å². The van der Waals surface area contributed by atoms with Gasteiger partial charge in [-0.05, 0) is 64.9 Å². The molecule has 2 aliphatic rings. The molecule has 0 spiro atoms. The van der Waals surface area contributed by atoms with Crippen molar-refractivity contribution in [2.24, 2.45) is 10.9 Å². The summed E-state index contributed by atoms with van der Waals surface area (Å²) in [6.45, 7) is 9.02. The van der Waals surface area contributed by atoms with Crippen LogP contribution in [-0.4, -0.2) is 72.2 Å². The third kappa shape index (κ3) is 5.51. The van der Waals surface area contributed by atoms with Crippen molar-refractivity contribution in [3.8, 4) is 17.1 Å². The zero-order valence-electron chi connectivity index (χ0n) is 22.0. The second-order valence-corrected chi connectivity index (χ2v) is 9.87. The van der Waals surface area contributed by atoms with E-state index in [-0.39, 0.29) is 11.9 Å². The third-order valence-corrected chi connectivity index (χ3v) is 6.58. The molecule has 9 heteroatoms. The molecule has 1 atom stereocenters. The van der Waals surface area contributed by atoms with Crippen LogP contribution in [0, 0.1) is 16.7 Å². The number of hydrogen-bond donors (Lipinski definition) is 4. The minimum absolute atomic E-state index is 0.166. The fraction of sp³-hybridized carbons (Fsp3) is 0.481. The fourth-order valence-corrected chi connectivity index (χ4v) is 5.05. The van der Waals surface area contributed by atoms with Gasteiger partial charge >= 0.3 is 0 Å². The molecule has 1 fully saturated rings. The minimum Gasteiger partial charge on any atom is -0.491 e. The number of ether oxygens (including phenoxy) is 1. The van der Waals surface area contributed by atoms with Crippen LogP contribution < -0.4 is 15.4 Å². The SMILES string of the molecule is CN/C(=C(\C=N)c1ccc2c(c1)OCCn1cc(/C(=N/C(C)=N)NC(C)C)nc1-2)C1CCCN(C)C1. The first-order valence-electron chi connectivity index (χ1n) is 12.7. The summed E-state index contributed by atoms with van der Waals surface area (Å²) >= 11 is 0. The van der Waals surface area contributed by atoms with E-state index in [0.29, 0.717) is 30.6 Å². The second-order valence-electron chi connectivity index (χ2n) is 9.87. The summed E-state index contributed by atoms with van der Waals surface area (Å²) in [4.78, 5) is 11.6. The van der Waals surface area contributed by atoms with E-state index in [1.54, 1.807) is 6.92 Å². The number of likely N-dealkylation sites (tertiary alicyclic amines) is 1. The number of piperidine rings is 1. The Morgan fingerprint density at radius 1 is 1.31 bits per heavy atom. The van der Waals surface area contributed by atoms with Crippen molar-refractivity contribution in [2.75, 3.05) is 33.8 Å². The first kappa shape index (κ1) is 25.6. The molecule has 9 nitrogen and oxygen atoms in total. The third-order valence-electron chi connectivity index (χ3n) is 6.58. The summed E-state index contributed by atoms with van der Waals surface area (Å²) in [6, 6.07) is 6.29. The predicted octanol–water partition coefficient (Wildman–Crippen LogP) is 3.61. The lowest BCUT2D eigenvalue weighted by atomic mass is 9.89. The Morgan fingerprint density at radius 3 is 2.78 bits per heavy atom. The van der Waals surface area contributed by atoms with Crippen LogP contribution in [0.4, 0.5) is 0 Å². The molecular formula is C27H38N8O. The Balaban J connectivity index is 1.74. The number of nitrogens with one attached hydrogen (secondary N) is 4. The maximum atomic E-state index is 8.23. The van der Waals surface area contributed by atoms with Crippen LogP contribution in [0.15, 0.2) is 35.1 Å². The molecule has 1 aromatic heterocycles. The molecule has 4 N–H and O–H groups in total. The van der Waals surface area contributed by atoms with Gasteiger partial charge in [0.2, 0.25) is 0 Å². The van der Waals surface area contributed by atoms with Crippen molar-refractivity contribution in [3.05, 3.63) is 41.4 Å². The van der Waals surface area contributed by atoms with E-state index in [1.807, 2.05) is 39.2 Å². The van der Waals surface area contributed by atoms with E-state index < -0.39 is 0 Å². The van der Waals surface area contributed by atoms with Gasteiger partial charge in [-0.3, -0.25) is 5.41 Å². The molecule has 4 rings (SSSR count). The molecule has 0 radical (unpaired) electrons. The van der Waals surface area contributed by atoms with E-state index in [2.05, 4.69) is 38.2 Å². The molecule has 192 valence electrons. The normalized spacial score (nSPS) is 18.9. The minimum atomic E-state index is 0.166. The van der Waals surface area contributed by atoms with Gasteiger partial charge in [-0.25, -0.2) is 9.98 Å². The zero-order chi connectivity index (χ0) is 25.8. The molecule has 36 heavy (non-hydrogen) atoms. The average Bonchev–Trinajstić information content (AvgIpc) is 3.17. The number of hydrogen-bond acceptors (Lipinski definition) is 6. The Bertz CT molecular complexity index is 1190. The van der Waals surface area contributed by atoms with Crippen molar-refractivity contribution >= 4 is 23.5 Å². The number of rotatable bonds is 6. The highest BCUT2D eigenvalue weighted by Gasteiger charge is 2.25. The molecule has 3 heterocycles. The molecular weight excluding hydrogens is 452 g/mol. The Kier molecular flexibility index (Phi) is 7.88. The first-order chi connectivity index (χ1) is 17.3. The predicted molar refractivity (Wildman–Crippen MR) is 146 cm³/mol. The van der Waals surface area contributed by atoms with Gasteiger partial charge in [-0.2, -0.15) is 0 Å². The Hall–Kier alpha value is -3.46. The standard InChI is InChI=1S/C27H38N8O/c1-17(2)31-26(32-18(3)29)23-16-35-11-12-36-24-13-19(8-9-21(24)27(35)33-23)22(14-28)25(30-4)20-7-6-10-34(5)15-20/h8-9,13-14,16-17,20,28,30H,6-7,10-12,15H2,1-5H3,(H2,29,31,32)/b25-22+,28-14?. The van der Waals surface area contributed by atoms with Crippen molar-refractivity contribution in [1.82, 2.24) is 25.1 Å². The van der Waals surface area contributed by atoms with E-state index in [0.717, 1.165) is 59.9 Å². The topological polar surface area (TPSA) is 114 Å². The summed E-state index contributed by atoms with van der Waals surface area (Å²) in [6.07, 6.45) is 5.70. The van der Waals surface area contributed by atoms with Crippen molar-refractivity contribution in [3.63, 3.8) is 0 Å². The largest absolute Gasteiger partial charge is 0.491 e. The fourth-order valence-electron chi connectivity index (χ4n) is 5.05. The first-order valence-corrected chi connectivity index (χ1v) is 12.7. The molecule has 0 aliphatic carbocycles. The van der Waals surface area contributed by atoms with E-state index in [1.165, 1.54) is 6.21 Å². The summed E-state index contributed by atoms with van der Waals surface area (Å²) < 4.78 is 8.25. The van der Waals surface area contributed by atoms with Crippen molar-refractivity contribution < 1.29 is 4.74 Å². The summed E-state index contributed by atoms with van der Waals surface area (Å²) in [5.41, 5.74) is 4.59. The molecule has 0 saturated carbocycles. The summed E-state index contributed by atoms with van der Waals surface area (Å²) in [5.74, 6) is 2.77. The van der Waals surface area contributed by atoms with Gasteiger partial charge in [0, 0.05) is 49.2 Å². The quantitative estimate of drug-likeness (QED) is 0.365. The van der Waals surface area contributed by atoms with Crippen LogP contribution in [0.5, 0.6) is 5.75 Å². The second kappa shape index (κ2) is 11.1. The number of aliphatic imine (C=N–C) groups is 1. The lowest BCUT2D eigenvalue weighted by Crippen LogP contribution is -2.36. The Morgan fingerprint density at radius 2 is 2.11 bits per heavy atom. The van der Waals surface area contributed by atoms with E-state index in [4.69, 9.17) is 20.5 Å². The van der Waals surface area contributed by atoms with Crippen LogP contribution in [0.2, 0.25) is 0 Å². The molecule has 2 aliphatic heterocycles. The van der Waals surface area contributed by atoms with E-state index >= 15 is 0 Å². The molecule has 1 saturated heterocycles. The van der Waals surface area contributed by atoms with E-state index in [9.17, 15) is 0 Å². The maximum Gasteiger partial charge on any atom is 0.155 e. The smallest absolute Gasteiger partial charge is 0.155 e. The number of amidine groups is 2. The number of fused-ring (bicyclic) bond motifs is 3. The maximum absolute atomic E-state index is 8.23. The number of imidazole rings is 1. The average molecular weight is 491 g/mol. The van der Waals surface area contributed by atoms with Crippen molar-refractivity contribution in [1.29, 1.82) is 10.8 Å². The molecule has 1 aromatic carbocycles. The summed E-state index contributed by atoms with van der Waals surface area (Å²) in [5, 5.41) is 22.8. The van der Waals surface area contributed by atoms with Gasteiger partial charge in [-0.1, -0.05) is 6.07 Å². The highest BCUT2D eigenvalue weighted by molar-refractivity contribution is 6.10. The lowest BCUT2D eigenvalue weighted by Gasteiger charge is -2.32. The van der Waals surface area contributed by atoms with Crippen molar-refractivity contribution in [2.45, 2.75) is 46.2 Å². The van der Waals surface area contributed by atoms with Gasteiger partial charge in [0.15, 0.2) is 5.84 Å². The van der Waals surface area contributed by atoms with Crippen LogP contribution in [0.1, 0.15) is 44.9 Å². The Labute approximate surface area is 213 Å². The van der Waals surface area contributed by atoms with Gasteiger partial charge < -0.3 is 30.2 Å². The molecule has 2 aromatic rings. The molecule has 0 amide bonds. The number of allylic oxidation sites excluding steroid dienone is 1. The van der Waals surface area contributed by atoms with Crippen LogP contribution >= 0.6 is 0 Å². The highest BCUT2D eigenvalue weighted by Crippen LogP contribution is 2.36. The zero-order valence-corrected chi connectivity index (χ0v) is 22.0. The van der Waals surface area contributed by atoms with Crippen LogP contribution in [-0.2, 0) is 6.54 Å². The van der Waals surface area contributed by atoms with Gasteiger partial charge in [0.05, 0.1) is 12.1 Å². The number of benzene rings is 1. The molecule has 1 unspecified atom stereocenters. The highest BCUT2D eigenvalue weighted by atomic mass is 16.5.